The Kier molecular flexibility index (Phi) is 4.40. The first-order chi connectivity index (χ1) is 9.12. The fourth-order valence-corrected chi connectivity index (χ4v) is 2.80. The van der Waals surface area contributed by atoms with Gasteiger partial charge in [0.05, 0.1) is 17.9 Å². The van der Waals surface area contributed by atoms with Gasteiger partial charge in [-0.1, -0.05) is 0 Å². The molecule has 0 aliphatic heterocycles. The van der Waals surface area contributed by atoms with Crippen LogP contribution >= 0.6 is 11.3 Å². The fourth-order valence-electron chi connectivity index (χ4n) is 1.28. The van der Waals surface area contributed by atoms with E-state index >= 15 is 0 Å². The van der Waals surface area contributed by atoms with Gasteiger partial charge in [0.2, 0.25) is 16.0 Å². The molecule has 9 heteroatoms. The number of nitrogens with one attached hydrogen (secondary N) is 2. The average molecular weight is 299 g/mol. The van der Waals surface area contributed by atoms with E-state index < -0.39 is 10.0 Å². The normalized spacial score (nSPS) is 11.4. The molecule has 0 saturated carbocycles. The van der Waals surface area contributed by atoms with E-state index in [1.54, 1.807) is 11.7 Å². The summed E-state index contributed by atoms with van der Waals surface area (Å²) in [7, 11) is -3.59. The van der Waals surface area contributed by atoms with Gasteiger partial charge in [-0.05, 0) is 6.92 Å². The molecule has 0 spiro atoms. The molecule has 0 bridgehead atoms. The van der Waals surface area contributed by atoms with Gasteiger partial charge in [-0.2, -0.15) is 0 Å². The van der Waals surface area contributed by atoms with Crippen LogP contribution in [0.5, 0.6) is 0 Å². The second-order valence-electron chi connectivity index (χ2n) is 3.56. The van der Waals surface area contributed by atoms with Gasteiger partial charge in [-0.3, -0.25) is 4.98 Å². The van der Waals surface area contributed by atoms with Crippen molar-refractivity contribution in [1.82, 2.24) is 19.7 Å². The number of rotatable bonds is 6. The highest BCUT2D eigenvalue weighted by Gasteiger charge is 2.15. The van der Waals surface area contributed by atoms with Crippen LogP contribution < -0.4 is 10.0 Å². The van der Waals surface area contributed by atoms with Crippen LogP contribution in [0.1, 0.15) is 11.8 Å². The Bertz CT molecular complexity index is 610. The molecule has 0 amide bonds. The lowest BCUT2D eigenvalue weighted by Crippen LogP contribution is -2.23. The van der Waals surface area contributed by atoms with Crippen LogP contribution in [0.2, 0.25) is 0 Å². The summed E-state index contributed by atoms with van der Waals surface area (Å²) in [6, 6.07) is 0. The number of hydrogen-bond acceptors (Lipinski definition) is 7. The molecule has 2 aromatic heterocycles. The molecule has 0 aromatic carbocycles. The van der Waals surface area contributed by atoms with E-state index in [2.05, 4.69) is 25.0 Å². The SMILES string of the molecule is CCNc1ncc(S(=O)(=O)NCc2cncs2)cn1. The van der Waals surface area contributed by atoms with Gasteiger partial charge in [0.15, 0.2) is 0 Å². The molecule has 0 radical (unpaired) electrons. The summed E-state index contributed by atoms with van der Waals surface area (Å²) in [5.74, 6) is 0.406. The Morgan fingerprint density at radius 2 is 2.00 bits per heavy atom. The van der Waals surface area contributed by atoms with Gasteiger partial charge in [0.1, 0.15) is 4.90 Å². The summed E-state index contributed by atoms with van der Waals surface area (Å²) in [5, 5.41) is 2.90. The molecule has 102 valence electrons. The molecular weight excluding hydrogens is 286 g/mol. The van der Waals surface area contributed by atoms with Crippen molar-refractivity contribution < 1.29 is 8.42 Å². The molecule has 2 N–H and O–H groups in total. The van der Waals surface area contributed by atoms with Gasteiger partial charge in [0.25, 0.3) is 0 Å². The molecule has 7 nitrogen and oxygen atoms in total. The van der Waals surface area contributed by atoms with Crippen LogP contribution in [-0.4, -0.2) is 29.9 Å². The molecule has 0 aliphatic carbocycles. The first-order valence-electron chi connectivity index (χ1n) is 5.55. The van der Waals surface area contributed by atoms with Gasteiger partial charge in [0, 0.05) is 24.2 Å². The second-order valence-corrected chi connectivity index (χ2v) is 6.30. The van der Waals surface area contributed by atoms with Crippen molar-refractivity contribution in [2.24, 2.45) is 0 Å². The molecule has 0 fully saturated rings. The van der Waals surface area contributed by atoms with Crippen molar-refractivity contribution in [3.05, 3.63) is 29.0 Å². The first kappa shape index (κ1) is 13.8. The van der Waals surface area contributed by atoms with E-state index in [0.717, 1.165) is 4.88 Å². The zero-order valence-corrected chi connectivity index (χ0v) is 11.8. The zero-order valence-electron chi connectivity index (χ0n) is 10.2. The fraction of sp³-hybridized carbons (Fsp3) is 0.300. The van der Waals surface area contributed by atoms with E-state index in [4.69, 9.17) is 0 Å². The lowest BCUT2D eigenvalue weighted by Gasteiger charge is -2.05. The van der Waals surface area contributed by atoms with E-state index in [0.29, 0.717) is 12.5 Å². The number of hydrogen-bond donors (Lipinski definition) is 2. The predicted molar refractivity (Wildman–Crippen MR) is 72.3 cm³/mol. The summed E-state index contributed by atoms with van der Waals surface area (Å²) in [6.07, 6.45) is 4.18. The molecule has 0 unspecified atom stereocenters. The van der Waals surface area contributed by atoms with Gasteiger partial charge >= 0.3 is 0 Å². The van der Waals surface area contributed by atoms with Crippen molar-refractivity contribution in [3.63, 3.8) is 0 Å². The van der Waals surface area contributed by atoms with Crippen molar-refractivity contribution >= 4 is 27.3 Å². The van der Waals surface area contributed by atoms with Crippen molar-refractivity contribution in [1.29, 1.82) is 0 Å². The van der Waals surface area contributed by atoms with Crippen LogP contribution in [0.15, 0.2) is 29.0 Å². The molecule has 2 heterocycles. The Morgan fingerprint density at radius 3 is 2.58 bits per heavy atom. The van der Waals surface area contributed by atoms with Crippen LogP contribution in [-0.2, 0) is 16.6 Å². The maximum absolute atomic E-state index is 12.0. The lowest BCUT2D eigenvalue weighted by molar-refractivity contribution is 0.581. The third kappa shape index (κ3) is 3.69. The van der Waals surface area contributed by atoms with E-state index in [1.807, 2.05) is 6.92 Å². The van der Waals surface area contributed by atoms with Crippen LogP contribution in [0, 0.1) is 0 Å². The number of anilines is 1. The van der Waals surface area contributed by atoms with E-state index in [9.17, 15) is 8.42 Å². The highest BCUT2D eigenvalue weighted by molar-refractivity contribution is 7.89. The number of aromatic nitrogens is 3. The topological polar surface area (TPSA) is 96.9 Å². The van der Waals surface area contributed by atoms with Crippen LogP contribution in [0.4, 0.5) is 5.95 Å². The largest absolute Gasteiger partial charge is 0.355 e. The van der Waals surface area contributed by atoms with Crippen LogP contribution in [0.3, 0.4) is 0 Å². The monoisotopic (exact) mass is 299 g/mol. The van der Waals surface area contributed by atoms with Gasteiger partial charge < -0.3 is 5.32 Å². The number of nitrogens with zero attached hydrogens (tertiary/aromatic N) is 3. The summed E-state index contributed by atoms with van der Waals surface area (Å²) in [5.41, 5.74) is 1.65. The standard InChI is InChI=1S/C10H13N5O2S2/c1-2-12-10-13-5-9(6-14-10)19(16,17)15-4-8-3-11-7-18-8/h3,5-7,15H,2,4H2,1H3,(H,12,13,14). The minimum Gasteiger partial charge on any atom is -0.355 e. The predicted octanol–water partition coefficient (Wildman–Crippen LogP) is 0.843. The van der Waals surface area contributed by atoms with E-state index in [-0.39, 0.29) is 11.4 Å². The molecule has 2 rings (SSSR count). The molecule has 0 aliphatic rings. The lowest BCUT2D eigenvalue weighted by atomic mass is 10.6. The second kappa shape index (κ2) is 6.04. The Balaban J connectivity index is 2.06. The number of sulfonamides is 1. The quantitative estimate of drug-likeness (QED) is 0.820. The molecule has 0 saturated heterocycles. The minimum absolute atomic E-state index is 0.0404. The summed E-state index contributed by atoms with van der Waals surface area (Å²) in [6.45, 7) is 2.79. The van der Waals surface area contributed by atoms with Crippen molar-refractivity contribution in [3.8, 4) is 0 Å². The van der Waals surface area contributed by atoms with Gasteiger partial charge in [-0.25, -0.2) is 23.1 Å². The Morgan fingerprint density at radius 1 is 1.26 bits per heavy atom. The van der Waals surface area contributed by atoms with Crippen LogP contribution in [0.25, 0.3) is 0 Å². The molecule has 19 heavy (non-hydrogen) atoms. The third-order valence-corrected chi connectivity index (χ3v) is 4.33. The summed E-state index contributed by atoms with van der Waals surface area (Å²) < 4.78 is 26.4. The number of thiazole rings is 1. The Labute approximate surface area is 115 Å². The summed E-state index contributed by atoms with van der Waals surface area (Å²) in [4.78, 5) is 12.6. The molecule has 2 aromatic rings. The maximum Gasteiger partial charge on any atom is 0.243 e. The molecular formula is C10H13N5O2S2. The van der Waals surface area contributed by atoms with E-state index in [1.165, 1.54) is 23.7 Å². The van der Waals surface area contributed by atoms with Crippen molar-refractivity contribution in [2.75, 3.05) is 11.9 Å². The smallest absolute Gasteiger partial charge is 0.243 e. The van der Waals surface area contributed by atoms with Crippen molar-refractivity contribution in [2.45, 2.75) is 18.4 Å². The summed E-state index contributed by atoms with van der Waals surface area (Å²) >= 11 is 1.39. The highest BCUT2D eigenvalue weighted by Crippen LogP contribution is 2.10. The van der Waals surface area contributed by atoms with Gasteiger partial charge in [-0.15, -0.1) is 11.3 Å². The first-order valence-corrected chi connectivity index (χ1v) is 7.91. The Hall–Kier alpha value is -1.58. The third-order valence-electron chi connectivity index (χ3n) is 2.19. The zero-order chi connectivity index (χ0) is 13.7. The highest BCUT2D eigenvalue weighted by atomic mass is 32.2. The minimum atomic E-state index is -3.59. The maximum atomic E-state index is 12.0. The molecule has 0 atom stereocenters. The average Bonchev–Trinajstić information content (AvgIpc) is 2.91.